The molecule has 0 radical (unpaired) electrons. The van der Waals surface area contributed by atoms with E-state index in [0.29, 0.717) is 23.7 Å². The quantitative estimate of drug-likeness (QED) is 0.480. The highest BCUT2D eigenvalue weighted by Crippen LogP contribution is 2.21. The monoisotopic (exact) mass is 416 g/mol. The van der Waals surface area contributed by atoms with Crippen LogP contribution in [0.5, 0.6) is 0 Å². The molecule has 4 aromatic rings. The molecule has 0 aliphatic carbocycles. The molecule has 0 fully saturated rings. The summed E-state index contributed by atoms with van der Waals surface area (Å²) in [6, 6.07) is 18.2. The number of carbonyl (C=O) groups is 2. The zero-order valence-electron chi connectivity index (χ0n) is 17.5. The van der Waals surface area contributed by atoms with Crippen LogP contribution in [0.1, 0.15) is 40.5 Å². The summed E-state index contributed by atoms with van der Waals surface area (Å²) in [5.41, 5.74) is 3.28. The Hall–Kier alpha value is -3.87. The molecular formula is C24H24N4O3. The van der Waals surface area contributed by atoms with Crippen molar-refractivity contribution < 1.29 is 14.0 Å². The van der Waals surface area contributed by atoms with Gasteiger partial charge in [-0.2, -0.15) is 0 Å². The van der Waals surface area contributed by atoms with Gasteiger partial charge in [0, 0.05) is 5.56 Å². The molecule has 0 bridgehead atoms. The fraction of sp³-hybridized carbons (Fsp3) is 0.208. The maximum atomic E-state index is 12.7. The number of benzene rings is 2. The van der Waals surface area contributed by atoms with Gasteiger partial charge in [-0.05, 0) is 50.2 Å². The average Bonchev–Trinajstić information content (AvgIpc) is 3.41. The summed E-state index contributed by atoms with van der Waals surface area (Å²) < 4.78 is 7.10. The lowest BCUT2D eigenvalue weighted by molar-refractivity contribution is -0.121. The Labute approximate surface area is 180 Å². The Kier molecular flexibility index (Phi) is 5.84. The lowest BCUT2D eigenvalue weighted by atomic mass is 10.1. The van der Waals surface area contributed by atoms with Gasteiger partial charge in [-0.15, -0.1) is 0 Å². The molecule has 1 unspecified atom stereocenters. The standard InChI is InChI=1S/C24H24N4O3/c1-16-9-11-18(12-10-16)24(30)26-17(2)23-27-20-7-3-4-8-21(20)28(23)15-22(29)25-14-19-6-5-13-31-19/h3-13,17H,14-15H2,1-2H3,(H,25,29)(H,26,30). The van der Waals surface area contributed by atoms with Crippen LogP contribution in [0.3, 0.4) is 0 Å². The fourth-order valence-corrected chi connectivity index (χ4v) is 3.44. The van der Waals surface area contributed by atoms with Crippen LogP contribution in [0.15, 0.2) is 71.3 Å². The molecule has 0 spiro atoms. The summed E-state index contributed by atoms with van der Waals surface area (Å²) in [5.74, 6) is 0.948. The van der Waals surface area contributed by atoms with Crippen molar-refractivity contribution in [2.45, 2.75) is 33.0 Å². The number of aromatic nitrogens is 2. The molecule has 0 saturated heterocycles. The fourth-order valence-electron chi connectivity index (χ4n) is 3.44. The van der Waals surface area contributed by atoms with Gasteiger partial charge in [-0.1, -0.05) is 29.8 Å². The maximum absolute atomic E-state index is 12.7. The van der Waals surface area contributed by atoms with E-state index in [1.807, 2.05) is 54.8 Å². The number of furan rings is 1. The second kappa shape index (κ2) is 8.87. The molecular weight excluding hydrogens is 392 g/mol. The van der Waals surface area contributed by atoms with Crippen LogP contribution in [-0.4, -0.2) is 21.4 Å². The molecule has 158 valence electrons. The number of rotatable bonds is 7. The number of amides is 2. The lowest BCUT2D eigenvalue weighted by Gasteiger charge is -2.16. The predicted octanol–water partition coefficient (Wildman–Crippen LogP) is 3.75. The van der Waals surface area contributed by atoms with E-state index in [-0.39, 0.29) is 24.4 Å². The molecule has 2 aromatic heterocycles. The van der Waals surface area contributed by atoms with Crippen molar-refractivity contribution in [3.8, 4) is 0 Å². The van der Waals surface area contributed by atoms with Gasteiger partial charge < -0.3 is 19.6 Å². The Bertz CT molecular complexity index is 1190. The molecule has 0 aliphatic heterocycles. The molecule has 2 N–H and O–H groups in total. The first-order chi connectivity index (χ1) is 15.0. The van der Waals surface area contributed by atoms with Crippen molar-refractivity contribution in [3.05, 3.63) is 89.6 Å². The van der Waals surface area contributed by atoms with Gasteiger partial charge in [-0.3, -0.25) is 9.59 Å². The number of para-hydroxylation sites is 2. The molecule has 1 atom stereocenters. The molecule has 2 amide bonds. The second-order valence-electron chi connectivity index (χ2n) is 7.46. The number of nitrogens with zero attached hydrogens (tertiary/aromatic N) is 2. The van der Waals surface area contributed by atoms with E-state index >= 15 is 0 Å². The smallest absolute Gasteiger partial charge is 0.251 e. The van der Waals surface area contributed by atoms with Gasteiger partial charge in [-0.25, -0.2) is 4.98 Å². The van der Waals surface area contributed by atoms with Gasteiger partial charge in [0.05, 0.1) is 29.9 Å². The largest absolute Gasteiger partial charge is 0.467 e. The highest BCUT2D eigenvalue weighted by Gasteiger charge is 2.20. The van der Waals surface area contributed by atoms with E-state index in [4.69, 9.17) is 4.42 Å². The summed E-state index contributed by atoms with van der Waals surface area (Å²) in [6.45, 7) is 4.24. The SMILES string of the molecule is Cc1ccc(C(=O)NC(C)c2nc3ccccc3n2CC(=O)NCc2ccco2)cc1. The van der Waals surface area contributed by atoms with Crippen molar-refractivity contribution in [3.63, 3.8) is 0 Å². The summed E-state index contributed by atoms with van der Waals surface area (Å²) in [4.78, 5) is 30.0. The average molecular weight is 416 g/mol. The molecule has 7 nitrogen and oxygen atoms in total. The Morgan fingerprint density at radius 2 is 1.84 bits per heavy atom. The maximum Gasteiger partial charge on any atom is 0.251 e. The van der Waals surface area contributed by atoms with Crippen molar-refractivity contribution in [2.75, 3.05) is 0 Å². The molecule has 31 heavy (non-hydrogen) atoms. The predicted molar refractivity (Wildman–Crippen MR) is 117 cm³/mol. The van der Waals surface area contributed by atoms with Crippen molar-refractivity contribution in [2.24, 2.45) is 0 Å². The number of fused-ring (bicyclic) bond motifs is 1. The van der Waals surface area contributed by atoms with Crippen LogP contribution in [-0.2, 0) is 17.9 Å². The molecule has 4 rings (SSSR count). The Morgan fingerprint density at radius 1 is 1.06 bits per heavy atom. The first-order valence-electron chi connectivity index (χ1n) is 10.1. The summed E-state index contributed by atoms with van der Waals surface area (Å²) in [6.07, 6.45) is 1.57. The molecule has 0 saturated carbocycles. The third-order valence-electron chi connectivity index (χ3n) is 5.07. The van der Waals surface area contributed by atoms with Crippen molar-refractivity contribution in [1.82, 2.24) is 20.2 Å². The van der Waals surface area contributed by atoms with E-state index < -0.39 is 0 Å². The molecule has 2 aromatic carbocycles. The normalized spacial score (nSPS) is 11.9. The summed E-state index contributed by atoms with van der Waals surface area (Å²) in [5, 5.41) is 5.85. The van der Waals surface area contributed by atoms with Crippen molar-refractivity contribution in [1.29, 1.82) is 0 Å². The van der Waals surface area contributed by atoms with E-state index in [0.717, 1.165) is 16.6 Å². The highest BCUT2D eigenvalue weighted by atomic mass is 16.3. The molecule has 7 heteroatoms. The van der Waals surface area contributed by atoms with Crippen molar-refractivity contribution >= 4 is 22.8 Å². The van der Waals surface area contributed by atoms with Gasteiger partial charge in [0.2, 0.25) is 5.91 Å². The van der Waals surface area contributed by atoms with Crippen LogP contribution in [0, 0.1) is 6.92 Å². The highest BCUT2D eigenvalue weighted by molar-refractivity contribution is 5.94. The topological polar surface area (TPSA) is 89.2 Å². The summed E-state index contributed by atoms with van der Waals surface area (Å²) in [7, 11) is 0. The number of carbonyl (C=O) groups excluding carboxylic acids is 2. The van der Waals surface area contributed by atoms with Crippen LogP contribution in [0.4, 0.5) is 0 Å². The zero-order chi connectivity index (χ0) is 21.8. The third kappa shape index (κ3) is 4.66. The molecule has 0 aliphatic rings. The minimum Gasteiger partial charge on any atom is -0.467 e. The van der Waals surface area contributed by atoms with Crippen LogP contribution in [0.25, 0.3) is 11.0 Å². The van der Waals surface area contributed by atoms with E-state index in [1.54, 1.807) is 30.5 Å². The molecule has 2 heterocycles. The van der Waals surface area contributed by atoms with Gasteiger partial charge in [0.15, 0.2) is 0 Å². The second-order valence-corrected chi connectivity index (χ2v) is 7.46. The van der Waals surface area contributed by atoms with Crippen LogP contribution < -0.4 is 10.6 Å². The van der Waals surface area contributed by atoms with E-state index in [9.17, 15) is 9.59 Å². The third-order valence-corrected chi connectivity index (χ3v) is 5.07. The van der Waals surface area contributed by atoms with Crippen LogP contribution >= 0.6 is 0 Å². The Balaban J connectivity index is 1.54. The van der Waals surface area contributed by atoms with E-state index in [2.05, 4.69) is 15.6 Å². The lowest BCUT2D eigenvalue weighted by Crippen LogP contribution is -2.31. The number of nitrogens with one attached hydrogen (secondary N) is 2. The number of hydrogen-bond acceptors (Lipinski definition) is 4. The number of hydrogen-bond donors (Lipinski definition) is 2. The van der Waals surface area contributed by atoms with Gasteiger partial charge in [0.25, 0.3) is 5.91 Å². The summed E-state index contributed by atoms with van der Waals surface area (Å²) >= 11 is 0. The van der Waals surface area contributed by atoms with E-state index in [1.165, 1.54) is 0 Å². The van der Waals surface area contributed by atoms with Gasteiger partial charge >= 0.3 is 0 Å². The Morgan fingerprint density at radius 3 is 2.58 bits per heavy atom. The number of imidazole rings is 1. The number of aryl methyl sites for hydroxylation is 1. The minimum absolute atomic E-state index is 0.0846. The first kappa shape index (κ1) is 20.4. The minimum atomic E-state index is -0.390. The van der Waals surface area contributed by atoms with Crippen LogP contribution in [0.2, 0.25) is 0 Å². The first-order valence-corrected chi connectivity index (χ1v) is 10.1. The zero-order valence-corrected chi connectivity index (χ0v) is 17.5. The van der Waals surface area contributed by atoms with Gasteiger partial charge in [0.1, 0.15) is 18.1 Å².